The Bertz CT molecular complexity index is 741. The van der Waals surface area contributed by atoms with E-state index in [0.29, 0.717) is 11.6 Å². The summed E-state index contributed by atoms with van der Waals surface area (Å²) in [5, 5.41) is 3.35. The van der Waals surface area contributed by atoms with Gasteiger partial charge in [0, 0.05) is 17.4 Å². The molecular weight excluding hydrogens is 334 g/mol. The molecule has 0 unspecified atom stereocenters. The number of unbranched alkanes of at least 4 members (excludes halogenated alkanes) is 2. The molecule has 134 valence electrons. The third-order valence-corrected chi connectivity index (χ3v) is 4.66. The summed E-state index contributed by atoms with van der Waals surface area (Å²) in [7, 11) is 0. The molecule has 0 aliphatic rings. The van der Waals surface area contributed by atoms with Crippen molar-refractivity contribution in [3.63, 3.8) is 0 Å². The summed E-state index contributed by atoms with van der Waals surface area (Å²) >= 11 is 1.23. The molecule has 0 spiro atoms. The minimum Gasteiger partial charge on any atom is -0.325 e. The van der Waals surface area contributed by atoms with Gasteiger partial charge in [-0.3, -0.25) is 9.59 Å². The molecule has 0 saturated carbocycles. The van der Waals surface area contributed by atoms with E-state index in [1.807, 2.05) is 19.1 Å². The number of hydrogen-bond acceptors (Lipinski definition) is 4. The molecule has 6 heteroatoms. The van der Waals surface area contributed by atoms with E-state index in [1.165, 1.54) is 42.7 Å². The van der Waals surface area contributed by atoms with Crippen molar-refractivity contribution < 1.29 is 4.79 Å². The number of carbonyl (C=O) groups is 1. The second-order valence-corrected chi connectivity index (χ2v) is 6.85. The van der Waals surface area contributed by atoms with E-state index in [2.05, 4.69) is 34.3 Å². The van der Waals surface area contributed by atoms with E-state index in [9.17, 15) is 9.59 Å². The number of aryl methyl sites for hydroxylation is 2. The molecule has 0 aliphatic heterocycles. The molecule has 0 atom stereocenters. The Labute approximate surface area is 152 Å². The standard InChI is InChI=1S/C19H25N3O2S/c1-3-5-6-7-14-8-10-16(11-9-14)20-18(24)13-25-19-21-15(4-2)12-17(23)22-19/h8-12H,3-7,13H2,1-2H3,(H,20,24)(H,21,22,23). The van der Waals surface area contributed by atoms with Gasteiger partial charge in [0.15, 0.2) is 5.16 Å². The van der Waals surface area contributed by atoms with E-state index < -0.39 is 0 Å². The Balaban J connectivity index is 1.84. The third-order valence-electron chi connectivity index (χ3n) is 3.78. The van der Waals surface area contributed by atoms with Crippen molar-refractivity contribution in [3.05, 3.63) is 51.9 Å². The van der Waals surface area contributed by atoms with Crippen LogP contribution in [0.5, 0.6) is 0 Å². The maximum absolute atomic E-state index is 12.1. The molecule has 2 aromatic rings. The number of thioether (sulfide) groups is 1. The lowest BCUT2D eigenvalue weighted by atomic mass is 10.1. The first-order valence-corrected chi connectivity index (χ1v) is 9.71. The summed E-state index contributed by atoms with van der Waals surface area (Å²) in [6.45, 7) is 4.13. The molecule has 2 N–H and O–H groups in total. The normalized spacial score (nSPS) is 10.6. The Morgan fingerprint density at radius 1 is 1.20 bits per heavy atom. The summed E-state index contributed by atoms with van der Waals surface area (Å²) in [5.41, 5.74) is 2.62. The molecule has 0 bridgehead atoms. The molecule has 25 heavy (non-hydrogen) atoms. The molecular formula is C19H25N3O2S. The van der Waals surface area contributed by atoms with Gasteiger partial charge in [0.25, 0.3) is 5.56 Å². The third kappa shape index (κ3) is 6.74. The number of benzene rings is 1. The van der Waals surface area contributed by atoms with Gasteiger partial charge in [-0.2, -0.15) is 0 Å². The average Bonchev–Trinajstić information content (AvgIpc) is 2.61. The van der Waals surface area contributed by atoms with Gasteiger partial charge in [0.1, 0.15) is 0 Å². The SMILES string of the molecule is CCCCCc1ccc(NC(=O)CSc2nc(CC)cc(=O)[nH]2)cc1. The topological polar surface area (TPSA) is 74.8 Å². The van der Waals surface area contributed by atoms with Gasteiger partial charge in [0.2, 0.25) is 5.91 Å². The highest BCUT2D eigenvalue weighted by molar-refractivity contribution is 7.99. The summed E-state index contributed by atoms with van der Waals surface area (Å²) in [6.07, 6.45) is 5.41. The Morgan fingerprint density at radius 2 is 1.96 bits per heavy atom. The van der Waals surface area contributed by atoms with Gasteiger partial charge in [-0.05, 0) is 37.0 Å². The van der Waals surface area contributed by atoms with E-state index in [-0.39, 0.29) is 17.2 Å². The lowest BCUT2D eigenvalue weighted by Crippen LogP contribution is -2.15. The summed E-state index contributed by atoms with van der Waals surface area (Å²) in [6, 6.07) is 9.46. The monoisotopic (exact) mass is 359 g/mol. The van der Waals surface area contributed by atoms with Crippen LogP contribution in [0.15, 0.2) is 40.3 Å². The maximum Gasteiger partial charge on any atom is 0.251 e. The second-order valence-electron chi connectivity index (χ2n) is 5.89. The van der Waals surface area contributed by atoms with Crippen LogP contribution in [0.3, 0.4) is 0 Å². The summed E-state index contributed by atoms with van der Waals surface area (Å²) in [4.78, 5) is 30.5. The number of amides is 1. The van der Waals surface area contributed by atoms with Gasteiger partial charge in [-0.15, -0.1) is 0 Å². The highest BCUT2D eigenvalue weighted by atomic mass is 32.2. The number of H-pyrrole nitrogens is 1. The van der Waals surface area contributed by atoms with E-state index in [0.717, 1.165) is 17.8 Å². The van der Waals surface area contributed by atoms with Gasteiger partial charge in [-0.25, -0.2) is 4.98 Å². The zero-order chi connectivity index (χ0) is 18.1. The van der Waals surface area contributed by atoms with E-state index >= 15 is 0 Å². The fraction of sp³-hybridized carbons (Fsp3) is 0.421. The quantitative estimate of drug-likeness (QED) is 0.406. The Kier molecular flexibility index (Phi) is 7.73. The van der Waals surface area contributed by atoms with Crippen molar-refractivity contribution in [1.29, 1.82) is 0 Å². The zero-order valence-corrected chi connectivity index (χ0v) is 15.6. The molecule has 0 radical (unpaired) electrons. The van der Waals surface area contributed by atoms with Crippen LogP contribution < -0.4 is 10.9 Å². The Morgan fingerprint density at radius 3 is 2.64 bits per heavy atom. The van der Waals surface area contributed by atoms with Crippen LogP contribution >= 0.6 is 11.8 Å². The molecule has 0 fully saturated rings. The van der Waals surface area contributed by atoms with Crippen LogP contribution in [0.25, 0.3) is 0 Å². The number of rotatable bonds is 9. The first kappa shape index (κ1) is 19.2. The molecule has 1 amide bonds. The fourth-order valence-electron chi connectivity index (χ4n) is 2.40. The lowest BCUT2D eigenvalue weighted by Gasteiger charge is -2.07. The van der Waals surface area contributed by atoms with Gasteiger partial charge in [-0.1, -0.05) is 50.6 Å². The largest absolute Gasteiger partial charge is 0.325 e. The van der Waals surface area contributed by atoms with Crippen molar-refractivity contribution >= 4 is 23.4 Å². The number of hydrogen-bond donors (Lipinski definition) is 2. The molecule has 0 saturated heterocycles. The van der Waals surface area contributed by atoms with Gasteiger partial charge in [0.05, 0.1) is 5.75 Å². The molecule has 1 aromatic carbocycles. The predicted molar refractivity (Wildman–Crippen MR) is 103 cm³/mol. The molecule has 0 aliphatic carbocycles. The van der Waals surface area contributed by atoms with Crippen molar-refractivity contribution in [2.75, 3.05) is 11.1 Å². The van der Waals surface area contributed by atoms with Crippen LogP contribution in [0.4, 0.5) is 5.69 Å². The number of nitrogens with zero attached hydrogens (tertiary/aromatic N) is 1. The smallest absolute Gasteiger partial charge is 0.251 e. The minimum absolute atomic E-state index is 0.117. The predicted octanol–water partition coefficient (Wildman–Crippen LogP) is 3.80. The van der Waals surface area contributed by atoms with Gasteiger partial charge < -0.3 is 10.3 Å². The maximum atomic E-state index is 12.1. The first-order chi connectivity index (χ1) is 12.1. The molecule has 5 nitrogen and oxygen atoms in total. The van der Waals surface area contributed by atoms with Crippen LogP contribution in [-0.2, 0) is 17.6 Å². The highest BCUT2D eigenvalue weighted by Crippen LogP contribution is 2.15. The van der Waals surface area contributed by atoms with Crippen LogP contribution in [0.2, 0.25) is 0 Å². The number of aromatic nitrogens is 2. The number of nitrogens with one attached hydrogen (secondary N) is 2. The number of carbonyl (C=O) groups excluding carboxylic acids is 1. The summed E-state index contributed by atoms with van der Waals surface area (Å²) in [5.74, 6) is 0.0854. The minimum atomic E-state index is -0.187. The zero-order valence-electron chi connectivity index (χ0n) is 14.8. The van der Waals surface area contributed by atoms with Crippen molar-refractivity contribution in [3.8, 4) is 0 Å². The highest BCUT2D eigenvalue weighted by Gasteiger charge is 2.07. The van der Waals surface area contributed by atoms with Crippen molar-refractivity contribution in [1.82, 2.24) is 9.97 Å². The Hall–Kier alpha value is -2.08. The van der Waals surface area contributed by atoms with Crippen LogP contribution in [0.1, 0.15) is 44.4 Å². The molecule has 1 aromatic heterocycles. The van der Waals surface area contributed by atoms with Crippen molar-refractivity contribution in [2.45, 2.75) is 51.1 Å². The van der Waals surface area contributed by atoms with E-state index in [4.69, 9.17) is 0 Å². The number of aromatic amines is 1. The number of anilines is 1. The molecule has 2 rings (SSSR count). The second kappa shape index (κ2) is 10.0. The fourth-order valence-corrected chi connectivity index (χ4v) is 3.09. The van der Waals surface area contributed by atoms with E-state index in [1.54, 1.807) is 0 Å². The molecule has 1 heterocycles. The van der Waals surface area contributed by atoms with Crippen LogP contribution in [0, 0.1) is 0 Å². The average molecular weight is 359 g/mol. The van der Waals surface area contributed by atoms with Crippen molar-refractivity contribution in [2.24, 2.45) is 0 Å². The first-order valence-electron chi connectivity index (χ1n) is 8.72. The van der Waals surface area contributed by atoms with Crippen LogP contribution in [-0.4, -0.2) is 21.6 Å². The van der Waals surface area contributed by atoms with Gasteiger partial charge >= 0.3 is 0 Å². The lowest BCUT2D eigenvalue weighted by molar-refractivity contribution is -0.113. The summed E-state index contributed by atoms with van der Waals surface area (Å²) < 4.78 is 0.